The maximum absolute atomic E-state index is 13.1. The molecule has 116 valence electrons. The van der Waals surface area contributed by atoms with E-state index in [1.165, 1.54) is 0 Å². The maximum atomic E-state index is 13.1. The number of benzene rings is 3. The normalized spacial score (nSPS) is 10.9. The predicted octanol–water partition coefficient (Wildman–Crippen LogP) is 4.97. The summed E-state index contributed by atoms with van der Waals surface area (Å²) < 4.78 is 1.81. The first-order chi connectivity index (χ1) is 11.8. The van der Waals surface area contributed by atoms with Crippen LogP contribution in [0.5, 0.6) is 0 Å². The zero-order chi connectivity index (χ0) is 16.5. The van der Waals surface area contributed by atoms with Crippen LogP contribution in [0.15, 0.2) is 89.7 Å². The van der Waals surface area contributed by atoms with Crippen molar-refractivity contribution in [2.45, 2.75) is 6.92 Å². The third kappa shape index (κ3) is 2.24. The first-order valence-electron chi connectivity index (χ1n) is 8.02. The molecule has 3 aromatic carbocycles. The lowest BCUT2D eigenvalue weighted by Crippen LogP contribution is -2.21. The Morgan fingerprint density at radius 1 is 0.667 bits per heavy atom. The van der Waals surface area contributed by atoms with E-state index >= 15 is 0 Å². The van der Waals surface area contributed by atoms with Gasteiger partial charge < -0.3 is 0 Å². The van der Waals surface area contributed by atoms with Gasteiger partial charge in [-0.3, -0.25) is 9.36 Å². The average molecular weight is 311 g/mol. The Labute approximate surface area is 140 Å². The number of nitrogens with zero attached hydrogens (tertiary/aromatic N) is 1. The standard InChI is InChI=1S/C22H17NO/c1-16-21(17-10-4-2-5-11-17)19-14-8-9-15-20(19)22(24)23(16)18-12-6-3-7-13-18/h2-15H,1H3. The molecule has 0 atom stereocenters. The summed E-state index contributed by atoms with van der Waals surface area (Å²) in [6.07, 6.45) is 0. The number of hydrogen-bond acceptors (Lipinski definition) is 1. The fourth-order valence-electron chi connectivity index (χ4n) is 3.32. The molecule has 1 heterocycles. The largest absolute Gasteiger partial charge is 0.280 e. The Kier molecular flexibility index (Phi) is 3.51. The van der Waals surface area contributed by atoms with E-state index in [0.29, 0.717) is 0 Å². The van der Waals surface area contributed by atoms with Gasteiger partial charge in [0.05, 0.1) is 0 Å². The molecule has 0 amide bonds. The molecule has 4 aromatic rings. The molecule has 0 N–H and O–H groups in total. The van der Waals surface area contributed by atoms with Gasteiger partial charge in [0, 0.05) is 22.3 Å². The second kappa shape index (κ2) is 5.82. The topological polar surface area (TPSA) is 22.0 Å². The van der Waals surface area contributed by atoms with Gasteiger partial charge in [0.25, 0.3) is 5.56 Å². The molecule has 0 aliphatic heterocycles. The number of pyridine rings is 1. The predicted molar refractivity (Wildman–Crippen MR) is 99.7 cm³/mol. The molecule has 1 aromatic heterocycles. The third-order valence-electron chi connectivity index (χ3n) is 4.40. The van der Waals surface area contributed by atoms with Crippen LogP contribution in [-0.4, -0.2) is 4.57 Å². The van der Waals surface area contributed by atoms with Crippen molar-refractivity contribution in [3.05, 3.63) is 101 Å². The smallest absolute Gasteiger partial charge is 0.263 e. The zero-order valence-electron chi connectivity index (χ0n) is 13.4. The minimum absolute atomic E-state index is 0.0222. The number of rotatable bonds is 2. The van der Waals surface area contributed by atoms with Gasteiger partial charge in [-0.05, 0) is 36.1 Å². The van der Waals surface area contributed by atoms with Gasteiger partial charge in [-0.1, -0.05) is 66.7 Å². The van der Waals surface area contributed by atoms with Crippen LogP contribution in [0, 0.1) is 6.92 Å². The van der Waals surface area contributed by atoms with E-state index in [2.05, 4.69) is 12.1 Å². The summed E-state index contributed by atoms with van der Waals surface area (Å²) >= 11 is 0. The molecule has 0 radical (unpaired) electrons. The highest BCUT2D eigenvalue weighted by Gasteiger charge is 2.15. The Morgan fingerprint density at radius 2 is 1.21 bits per heavy atom. The van der Waals surface area contributed by atoms with Crippen LogP contribution in [0.1, 0.15) is 5.69 Å². The van der Waals surface area contributed by atoms with Gasteiger partial charge >= 0.3 is 0 Å². The molecule has 0 saturated heterocycles. The highest BCUT2D eigenvalue weighted by atomic mass is 16.1. The van der Waals surface area contributed by atoms with Crippen molar-refractivity contribution < 1.29 is 0 Å². The molecule has 0 spiro atoms. The number of para-hydroxylation sites is 1. The first kappa shape index (κ1) is 14.5. The Morgan fingerprint density at radius 3 is 1.88 bits per heavy atom. The van der Waals surface area contributed by atoms with Crippen LogP contribution in [0.25, 0.3) is 27.6 Å². The Hall–Kier alpha value is -3.13. The lowest BCUT2D eigenvalue weighted by molar-refractivity contribution is 0.953. The summed E-state index contributed by atoms with van der Waals surface area (Å²) in [6.45, 7) is 2.02. The second-order valence-corrected chi connectivity index (χ2v) is 5.85. The summed E-state index contributed by atoms with van der Waals surface area (Å²) in [5.74, 6) is 0. The molecule has 0 saturated carbocycles. The van der Waals surface area contributed by atoms with Crippen LogP contribution < -0.4 is 5.56 Å². The van der Waals surface area contributed by atoms with Crippen molar-refractivity contribution in [2.24, 2.45) is 0 Å². The van der Waals surface area contributed by atoms with E-state index in [0.717, 1.165) is 33.3 Å². The third-order valence-corrected chi connectivity index (χ3v) is 4.40. The number of fused-ring (bicyclic) bond motifs is 1. The summed E-state index contributed by atoms with van der Waals surface area (Å²) in [5.41, 5.74) is 4.10. The van der Waals surface area contributed by atoms with E-state index in [1.54, 1.807) is 0 Å². The highest BCUT2D eigenvalue weighted by Crippen LogP contribution is 2.31. The van der Waals surface area contributed by atoms with Crippen LogP contribution in [0.4, 0.5) is 0 Å². The molecular formula is C22H17NO. The van der Waals surface area contributed by atoms with Gasteiger partial charge in [-0.2, -0.15) is 0 Å². The van der Waals surface area contributed by atoms with Crippen LogP contribution in [0.3, 0.4) is 0 Å². The van der Waals surface area contributed by atoms with E-state index in [1.807, 2.05) is 84.3 Å². The van der Waals surface area contributed by atoms with Crippen molar-refractivity contribution in [1.29, 1.82) is 0 Å². The van der Waals surface area contributed by atoms with Crippen molar-refractivity contribution in [1.82, 2.24) is 4.57 Å². The van der Waals surface area contributed by atoms with Gasteiger partial charge in [0.1, 0.15) is 0 Å². The zero-order valence-corrected chi connectivity index (χ0v) is 13.4. The SMILES string of the molecule is Cc1c(-c2ccccc2)c2ccccc2c(=O)n1-c1ccccc1. The monoisotopic (exact) mass is 311 g/mol. The maximum Gasteiger partial charge on any atom is 0.263 e. The Bertz CT molecular complexity index is 1060. The van der Waals surface area contributed by atoms with Crippen molar-refractivity contribution in [2.75, 3.05) is 0 Å². The molecule has 0 aliphatic rings. The van der Waals surface area contributed by atoms with Crippen molar-refractivity contribution in [3.63, 3.8) is 0 Å². The molecule has 2 nitrogen and oxygen atoms in total. The molecule has 4 rings (SSSR count). The number of aromatic nitrogens is 1. The van der Waals surface area contributed by atoms with E-state index in [-0.39, 0.29) is 5.56 Å². The average Bonchev–Trinajstić information content (AvgIpc) is 2.64. The molecule has 0 unspecified atom stereocenters. The van der Waals surface area contributed by atoms with E-state index in [4.69, 9.17) is 0 Å². The molecule has 0 bridgehead atoms. The Balaban J connectivity index is 2.18. The second-order valence-electron chi connectivity index (χ2n) is 5.85. The molecule has 2 heteroatoms. The van der Waals surface area contributed by atoms with Crippen LogP contribution >= 0.6 is 0 Å². The van der Waals surface area contributed by atoms with Gasteiger partial charge in [-0.25, -0.2) is 0 Å². The van der Waals surface area contributed by atoms with Crippen LogP contribution in [0.2, 0.25) is 0 Å². The summed E-state index contributed by atoms with van der Waals surface area (Å²) in [6, 6.07) is 27.9. The fraction of sp³-hybridized carbons (Fsp3) is 0.0455. The van der Waals surface area contributed by atoms with E-state index in [9.17, 15) is 4.79 Å². The summed E-state index contributed by atoms with van der Waals surface area (Å²) in [5, 5.41) is 1.74. The first-order valence-corrected chi connectivity index (χ1v) is 8.02. The van der Waals surface area contributed by atoms with E-state index < -0.39 is 0 Å². The molecule has 0 aliphatic carbocycles. The summed E-state index contributed by atoms with van der Waals surface area (Å²) in [4.78, 5) is 13.1. The fourth-order valence-corrected chi connectivity index (χ4v) is 3.32. The van der Waals surface area contributed by atoms with Gasteiger partial charge in [0.2, 0.25) is 0 Å². The van der Waals surface area contributed by atoms with Crippen molar-refractivity contribution in [3.8, 4) is 16.8 Å². The quantitative estimate of drug-likeness (QED) is 0.512. The minimum atomic E-state index is 0.0222. The molecule has 0 fully saturated rings. The van der Waals surface area contributed by atoms with Crippen LogP contribution in [-0.2, 0) is 0 Å². The lowest BCUT2D eigenvalue weighted by atomic mass is 9.97. The number of hydrogen-bond donors (Lipinski definition) is 0. The highest BCUT2D eigenvalue weighted by molar-refractivity contribution is 5.97. The molecule has 24 heavy (non-hydrogen) atoms. The van der Waals surface area contributed by atoms with Crippen molar-refractivity contribution >= 4 is 10.8 Å². The van der Waals surface area contributed by atoms with Gasteiger partial charge in [-0.15, -0.1) is 0 Å². The van der Waals surface area contributed by atoms with Gasteiger partial charge in [0.15, 0.2) is 0 Å². The minimum Gasteiger partial charge on any atom is -0.280 e. The summed E-state index contributed by atoms with van der Waals surface area (Å²) in [7, 11) is 0. The molecular weight excluding hydrogens is 294 g/mol. The lowest BCUT2D eigenvalue weighted by Gasteiger charge is -2.17.